The Morgan fingerprint density at radius 2 is 0.851 bits per heavy atom. The summed E-state index contributed by atoms with van der Waals surface area (Å²) in [6, 6.07) is 0. The number of carbonyl (C=O) groups excluding carboxylic acids is 1. The van der Waals surface area contributed by atoms with Crippen molar-refractivity contribution in [3.05, 3.63) is 0 Å². The van der Waals surface area contributed by atoms with E-state index in [1.165, 1.54) is 211 Å². The Kier molecular flexibility index (Phi) is 32.5. The molecule has 0 saturated heterocycles. The lowest BCUT2D eigenvalue weighted by Crippen LogP contribution is -2.42. The van der Waals surface area contributed by atoms with E-state index in [9.17, 15) is 4.79 Å². The van der Waals surface area contributed by atoms with Crippen LogP contribution in [0.25, 0.3) is 0 Å². The van der Waals surface area contributed by atoms with Crippen LogP contribution in [0.2, 0.25) is 0 Å². The molecule has 1 aliphatic heterocycles. The second-order valence-corrected chi connectivity index (χ2v) is 15.3. The Balaban J connectivity index is 1.93. The number of rotatable bonds is 37. The van der Waals surface area contributed by atoms with Gasteiger partial charge in [0.25, 0.3) is 0 Å². The van der Waals surface area contributed by atoms with Gasteiger partial charge in [-0.1, -0.05) is 213 Å². The molecule has 278 valence electrons. The smallest absolute Gasteiger partial charge is 0.246 e. The minimum Gasteiger partial charge on any atom is -0.318 e. The number of hydrogen-bond donors (Lipinski definition) is 2. The van der Waals surface area contributed by atoms with Crippen molar-refractivity contribution in [2.75, 3.05) is 13.1 Å². The molecule has 0 fully saturated rings. The summed E-state index contributed by atoms with van der Waals surface area (Å²) in [5.74, 6) is 1.58. The highest BCUT2D eigenvalue weighted by Gasteiger charge is 2.25. The molecule has 0 bridgehead atoms. The number of carbonyl (C=O) groups is 1. The number of amidine groups is 1. The molecule has 0 radical (unpaired) electrons. The number of nitrogens with one attached hydrogen (secondary N) is 2. The van der Waals surface area contributed by atoms with Gasteiger partial charge in [-0.2, -0.15) is 0 Å². The molecular formula is C43H86N3O+. The minimum absolute atomic E-state index is 0.0966. The molecule has 1 unspecified atom stereocenters. The van der Waals surface area contributed by atoms with Gasteiger partial charge in [-0.15, -0.1) is 0 Å². The van der Waals surface area contributed by atoms with Crippen molar-refractivity contribution in [1.82, 2.24) is 10.6 Å². The predicted octanol–water partition coefficient (Wildman–Crippen LogP) is 13.2. The number of nitrogens with zero attached hydrogens (tertiary/aromatic N) is 1. The number of amides is 1. The highest BCUT2D eigenvalue weighted by molar-refractivity contribution is 5.79. The van der Waals surface area contributed by atoms with E-state index in [2.05, 4.69) is 36.0 Å². The molecule has 4 heteroatoms. The second-order valence-electron chi connectivity index (χ2n) is 15.3. The van der Waals surface area contributed by atoms with Gasteiger partial charge in [0.05, 0.1) is 0 Å². The third-order valence-corrected chi connectivity index (χ3v) is 10.6. The molecule has 0 aliphatic carbocycles. The third kappa shape index (κ3) is 28.5. The highest BCUT2D eigenvalue weighted by atomic mass is 16.1. The van der Waals surface area contributed by atoms with Crippen LogP contribution in [0.1, 0.15) is 245 Å². The first-order valence-corrected chi connectivity index (χ1v) is 21.8. The Bertz CT molecular complexity index is 705. The van der Waals surface area contributed by atoms with Crippen LogP contribution in [0.3, 0.4) is 0 Å². The normalized spacial score (nSPS) is 13.8. The van der Waals surface area contributed by atoms with Gasteiger partial charge in [0.15, 0.2) is 6.17 Å². The lowest BCUT2D eigenvalue weighted by atomic mass is 10.0. The van der Waals surface area contributed by atoms with E-state index in [0.29, 0.717) is 6.42 Å². The van der Waals surface area contributed by atoms with Crippen molar-refractivity contribution in [3.63, 3.8) is 0 Å². The lowest BCUT2D eigenvalue weighted by Gasteiger charge is -2.15. The molecule has 1 rings (SSSR count). The Hall–Kier alpha value is -1.06. The average Bonchev–Trinajstić information content (AvgIpc) is 3.55. The predicted molar refractivity (Wildman–Crippen MR) is 209 cm³/mol. The first-order valence-electron chi connectivity index (χ1n) is 21.8. The summed E-state index contributed by atoms with van der Waals surface area (Å²) in [7, 11) is 0. The summed E-state index contributed by atoms with van der Waals surface area (Å²) in [6.07, 6.45) is 47.9. The first-order chi connectivity index (χ1) is 23.2. The standard InChI is InChI=1S/C43H85N3O/c1-4-6-8-10-12-14-16-18-20-22-23-25-27-29-31-33-35-37-42-44-39-40-46(42)41(3)45-43(47)38-36-34-32-30-28-26-24-21-19-17-15-13-11-9-7-5-2/h41H,4-40H2,1-3H3,(H,45,47)/p+1. The maximum atomic E-state index is 12.6. The zero-order chi connectivity index (χ0) is 33.9. The van der Waals surface area contributed by atoms with Crippen molar-refractivity contribution in [3.8, 4) is 0 Å². The number of hydrogen-bond acceptors (Lipinski definition) is 2. The van der Waals surface area contributed by atoms with Crippen molar-refractivity contribution >= 4 is 11.7 Å². The van der Waals surface area contributed by atoms with Gasteiger partial charge < -0.3 is 5.32 Å². The third-order valence-electron chi connectivity index (χ3n) is 10.6. The molecule has 0 aromatic rings. The summed E-state index contributed by atoms with van der Waals surface area (Å²) >= 11 is 0. The maximum Gasteiger partial charge on any atom is 0.246 e. The largest absolute Gasteiger partial charge is 0.318 e. The minimum atomic E-state index is 0.0966. The van der Waals surface area contributed by atoms with E-state index in [-0.39, 0.29) is 12.1 Å². The molecule has 0 saturated carbocycles. The van der Waals surface area contributed by atoms with E-state index >= 15 is 0 Å². The van der Waals surface area contributed by atoms with Crippen molar-refractivity contribution in [2.45, 2.75) is 252 Å². The van der Waals surface area contributed by atoms with Crippen molar-refractivity contribution in [1.29, 1.82) is 0 Å². The topological polar surface area (TPSA) is 44.1 Å². The molecule has 1 aliphatic rings. The molecule has 2 N–H and O–H groups in total. The van der Waals surface area contributed by atoms with Crippen LogP contribution in [0, 0.1) is 0 Å². The molecule has 1 amide bonds. The molecule has 0 aromatic heterocycles. The Morgan fingerprint density at radius 3 is 1.21 bits per heavy atom. The van der Waals surface area contributed by atoms with Crippen LogP contribution in [0.4, 0.5) is 0 Å². The summed E-state index contributed by atoms with van der Waals surface area (Å²) < 4.78 is 2.40. The molecule has 4 nitrogen and oxygen atoms in total. The van der Waals surface area contributed by atoms with E-state index < -0.39 is 0 Å². The Labute approximate surface area is 295 Å². The molecule has 1 atom stereocenters. The second kappa shape index (κ2) is 34.8. The summed E-state index contributed by atoms with van der Waals surface area (Å²) in [4.78, 5) is 12.6. The van der Waals surface area contributed by atoms with Crippen molar-refractivity contribution in [2.24, 2.45) is 0 Å². The summed E-state index contributed by atoms with van der Waals surface area (Å²) in [6.45, 7) is 8.77. The van der Waals surface area contributed by atoms with Crippen LogP contribution < -0.4 is 10.6 Å². The fourth-order valence-electron chi connectivity index (χ4n) is 7.45. The average molecular weight is 661 g/mol. The van der Waals surface area contributed by atoms with Gasteiger partial charge in [0.1, 0.15) is 13.1 Å². The van der Waals surface area contributed by atoms with Crippen LogP contribution in [-0.2, 0) is 4.79 Å². The monoisotopic (exact) mass is 661 g/mol. The van der Waals surface area contributed by atoms with Gasteiger partial charge in [0.2, 0.25) is 11.7 Å². The number of unbranched alkanes of at least 4 members (excludes halogenated alkanes) is 31. The maximum absolute atomic E-state index is 12.6. The van der Waals surface area contributed by atoms with E-state index in [0.717, 1.165) is 25.9 Å². The molecular weight excluding hydrogens is 574 g/mol. The quantitative estimate of drug-likeness (QED) is 0.0514. The lowest BCUT2D eigenvalue weighted by molar-refractivity contribution is -0.558. The van der Waals surface area contributed by atoms with E-state index in [1.807, 2.05) is 0 Å². The highest BCUT2D eigenvalue weighted by Crippen LogP contribution is 2.16. The first kappa shape index (κ1) is 44.0. The van der Waals surface area contributed by atoms with Gasteiger partial charge >= 0.3 is 0 Å². The zero-order valence-electron chi connectivity index (χ0n) is 32.6. The SMILES string of the molecule is CCCCCCCCCCCCCCCCCCCC1=[N+](C(C)NC(=O)CCCCCCCCCCCCCCCCCC)CCN1. The fraction of sp³-hybridized carbons (Fsp3) is 0.953. The fourth-order valence-corrected chi connectivity index (χ4v) is 7.45. The molecule has 1 heterocycles. The molecule has 0 aromatic carbocycles. The zero-order valence-corrected chi connectivity index (χ0v) is 32.6. The Morgan fingerprint density at radius 1 is 0.532 bits per heavy atom. The summed E-state index contributed by atoms with van der Waals surface area (Å²) in [5.41, 5.74) is 0. The summed E-state index contributed by atoms with van der Waals surface area (Å²) in [5, 5.41) is 6.90. The van der Waals surface area contributed by atoms with Gasteiger partial charge in [0, 0.05) is 12.8 Å². The van der Waals surface area contributed by atoms with E-state index in [1.54, 1.807) is 0 Å². The molecule has 47 heavy (non-hydrogen) atoms. The van der Waals surface area contributed by atoms with Gasteiger partial charge in [-0.25, -0.2) is 4.58 Å². The van der Waals surface area contributed by atoms with Crippen LogP contribution in [-0.4, -0.2) is 35.6 Å². The van der Waals surface area contributed by atoms with Gasteiger partial charge in [-0.3, -0.25) is 10.1 Å². The molecule has 0 spiro atoms. The van der Waals surface area contributed by atoms with E-state index in [4.69, 9.17) is 0 Å². The van der Waals surface area contributed by atoms with Crippen LogP contribution in [0.5, 0.6) is 0 Å². The van der Waals surface area contributed by atoms with Crippen LogP contribution >= 0.6 is 0 Å². The van der Waals surface area contributed by atoms with Gasteiger partial charge in [-0.05, 0) is 19.8 Å². The van der Waals surface area contributed by atoms with Crippen molar-refractivity contribution < 1.29 is 9.37 Å². The van der Waals surface area contributed by atoms with Crippen LogP contribution in [0.15, 0.2) is 0 Å².